The number of rotatable bonds is 3. The molecule has 2 aliphatic heterocycles. The van der Waals surface area contributed by atoms with Crippen LogP contribution in [0.1, 0.15) is 30.4 Å². The highest BCUT2D eigenvalue weighted by molar-refractivity contribution is 6.30. The SMILES string of the molecule is CN1CCCN2C(=O)N(CC3CC3)c3ccc(Cl)cc3C12c1ccccc1. The van der Waals surface area contributed by atoms with Crippen molar-refractivity contribution in [1.82, 2.24) is 9.80 Å². The smallest absolute Gasteiger partial charge is 0.297 e. The van der Waals surface area contributed by atoms with E-state index in [0.29, 0.717) is 10.9 Å². The summed E-state index contributed by atoms with van der Waals surface area (Å²) >= 11 is 6.47. The molecular weight excluding hydrogens is 358 g/mol. The van der Waals surface area contributed by atoms with Crippen molar-refractivity contribution in [2.24, 2.45) is 5.92 Å². The summed E-state index contributed by atoms with van der Waals surface area (Å²) in [5.74, 6) is 0.629. The number of amides is 2. The van der Waals surface area contributed by atoms with Crippen molar-refractivity contribution < 1.29 is 4.79 Å². The number of anilines is 1. The van der Waals surface area contributed by atoms with Crippen LogP contribution >= 0.6 is 11.6 Å². The summed E-state index contributed by atoms with van der Waals surface area (Å²) in [7, 11) is 2.12. The number of urea groups is 1. The van der Waals surface area contributed by atoms with Crippen LogP contribution in [0.25, 0.3) is 0 Å². The number of hydrogen-bond donors (Lipinski definition) is 0. The van der Waals surface area contributed by atoms with Gasteiger partial charge in [-0.25, -0.2) is 4.79 Å². The van der Waals surface area contributed by atoms with Crippen LogP contribution in [-0.4, -0.2) is 42.5 Å². The zero-order valence-electron chi connectivity index (χ0n) is 15.6. The van der Waals surface area contributed by atoms with Gasteiger partial charge in [-0.05, 0) is 56.0 Å². The molecule has 140 valence electrons. The van der Waals surface area contributed by atoms with E-state index in [1.165, 1.54) is 12.8 Å². The maximum atomic E-state index is 13.7. The molecule has 1 saturated heterocycles. The van der Waals surface area contributed by atoms with Gasteiger partial charge in [0.15, 0.2) is 5.66 Å². The van der Waals surface area contributed by atoms with Gasteiger partial charge in [0.2, 0.25) is 0 Å². The Kier molecular flexibility index (Phi) is 3.95. The Morgan fingerprint density at radius 1 is 1.11 bits per heavy atom. The topological polar surface area (TPSA) is 26.8 Å². The third-order valence-corrected chi connectivity index (χ3v) is 6.45. The predicted octanol–water partition coefficient (Wildman–Crippen LogP) is 4.53. The third kappa shape index (κ3) is 2.50. The Morgan fingerprint density at radius 3 is 2.63 bits per heavy atom. The number of benzene rings is 2. The quantitative estimate of drug-likeness (QED) is 0.781. The second-order valence-electron chi connectivity index (χ2n) is 7.96. The van der Waals surface area contributed by atoms with Crippen LogP contribution < -0.4 is 4.90 Å². The molecule has 2 fully saturated rings. The normalized spacial score (nSPS) is 25.3. The molecule has 2 aromatic rings. The summed E-state index contributed by atoms with van der Waals surface area (Å²) in [6.45, 7) is 2.50. The van der Waals surface area contributed by atoms with Crippen molar-refractivity contribution in [3.8, 4) is 0 Å². The molecule has 0 radical (unpaired) electrons. The lowest BCUT2D eigenvalue weighted by Gasteiger charge is -2.57. The molecule has 3 aliphatic rings. The van der Waals surface area contributed by atoms with Crippen LogP contribution in [0.5, 0.6) is 0 Å². The minimum absolute atomic E-state index is 0.118. The molecule has 2 amide bonds. The van der Waals surface area contributed by atoms with Gasteiger partial charge in [0.05, 0.1) is 5.69 Å². The van der Waals surface area contributed by atoms with Crippen LogP contribution in [0.4, 0.5) is 10.5 Å². The number of carbonyl (C=O) groups is 1. The Labute approximate surface area is 165 Å². The van der Waals surface area contributed by atoms with Gasteiger partial charge in [-0.2, -0.15) is 0 Å². The van der Waals surface area contributed by atoms with Gasteiger partial charge in [0.1, 0.15) is 0 Å². The average Bonchev–Trinajstić information content (AvgIpc) is 3.50. The van der Waals surface area contributed by atoms with Crippen molar-refractivity contribution in [2.45, 2.75) is 24.9 Å². The van der Waals surface area contributed by atoms with Crippen LogP contribution in [-0.2, 0) is 5.66 Å². The maximum absolute atomic E-state index is 13.7. The molecule has 1 aliphatic carbocycles. The number of halogens is 1. The Bertz CT molecular complexity index is 882. The molecule has 0 bridgehead atoms. The Hall–Kier alpha value is -2.04. The first-order valence-corrected chi connectivity index (χ1v) is 10.2. The molecule has 0 aromatic heterocycles. The highest BCUT2D eigenvalue weighted by atomic mass is 35.5. The third-order valence-electron chi connectivity index (χ3n) is 6.22. The zero-order chi connectivity index (χ0) is 18.6. The number of fused-ring (bicyclic) bond motifs is 3. The van der Waals surface area contributed by atoms with Crippen molar-refractivity contribution in [3.05, 3.63) is 64.7 Å². The first kappa shape index (κ1) is 17.1. The number of hydrogen-bond acceptors (Lipinski definition) is 2. The Balaban J connectivity index is 1.78. The highest BCUT2D eigenvalue weighted by Gasteiger charge is 2.54. The maximum Gasteiger partial charge on any atom is 0.326 e. The molecule has 5 heteroatoms. The molecule has 4 nitrogen and oxygen atoms in total. The highest BCUT2D eigenvalue weighted by Crippen LogP contribution is 2.50. The van der Waals surface area contributed by atoms with Crippen molar-refractivity contribution >= 4 is 23.3 Å². The zero-order valence-corrected chi connectivity index (χ0v) is 16.3. The first-order chi connectivity index (χ1) is 13.1. The van der Waals surface area contributed by atoms with Crippen molar-refractivity contribution in [1.29, 1.82) is 0 Å². The average molecular weight is 382 g/mol. The fourth-order valence-corrected chi connectivity index (χ4v) is 4.96. The molecule has 1 unspecified atom stereocenters. The minimum Gasteiger partial charge on any atom is -0.297 e. The molecule has 2 heterocycles. The van der Waals surface area contributed by atoms with E-state index in [0.717, 1.165) is 42.9 Å². The molecule has 0 N–H and O–H groups in total. The number of nitrogens with zero attached hydrogens (tertiary/aromatic N) is 3. The van der Waals surface area contributed by atoms with Crippen LogP contribution in [0.15, 0.2) is 48.5 Å². The molecular formula is C22H24ClN3O. The first-order valence-electron chi connectivity index (χ1n) is 9.78. The lowest BCUT2D eigenvalue weighted by molar-refractivity contribution is -0.0232. The lowest BCUT2D eigenvalue weighted by atomic mass is 9.83. The van der Waals surface area contributed by atoms with Crippen LogP contribution in [0.3, 0.4) is 0 Å². The van der Waals surface area contributed by atoms with Crippen molar-refractivity contribution in [2.75, 3.05) is 31.6 Å². The van der Waals surface area contributed by atoms with Gasteiger partial charge in [-0.3, -0.25) is 14.7 Å². The summed E-state index contributed by atoms with van der Waals surface area (Å²) in [6.07, 6.45) is 3.41. The van der Waals surface area contributed by atoms with Gasteiger partial charge in [0, 0.05) is 30.2 Å². The Morgan fingerprint density at radius 2 is 1.89 bits per heavy atom. The van der Waals surface area contributed by atoms with E-state index in [9.17, 15) is 4.79 Å². The number of carbonyl (C=O) groups excluding carboxylic acids is 1. The van der Waals surface area contributed by atoms with Gasteiger partial charge in [-0.15, -0.1) is 0 Å². The van der Waals surface area contributed by atoms with E-state index in [-0.39, 0.29) is 6.03 Å². The predicted molar refractivity (Wildman–Crippen MR) is 108 cm³/mol. The fourth-order valence-electron chi connectivity index (χ4n) is 4.79. The lowest BCUT2D eigenvalue weighted by Crippen LogP contribution is -2.68. The van der Waals surface area contributed by atoms with Gasteiger partial charge in [0.25, 0.3) is 0 Å². The van der Waals surface area contributed by atoms with Gasteiger partial charge >= 0.3 is 6.03 Å². The summed E-state index contributed by atoms with van der Waals surface area (Å²) in [5.41, 5.74) is 2.64. The van der Waals surface area contributed by atoms with Crippen LogP contribution in [0.2, 0.25) is 5.02 Å². The van der Waals surface area contributed by atoms with E-state index >= 15 is 0 Å². The summed E-state index contributed by atoms with van der Waals surface area (Å²) in [4.78, 5) is 20.1. The molecule has 0 spiro atoms. The van der Waals surface area contributed by atoms with Gasteiger partial charge in [-0.1, -0.05) is 41.9 Å². The molecule has 2 aromatic carbocycles. The van der Waals surface area contributed by atoms with E-state index in [1.807, 2.05) is 23.1 Å². The minimum atomic E-state index is -0.600. The molecule has 27 heavy (non-hydrogen) atoms. The fraction of sp³-hybridized carbons (Fsp3) is 0.409. The van der Waals surface area contributed by atoms with Crippen molar-refractivity contribution in [3.63, 3.8) is 0 Å². The van der Waals surface area contributed by atoms with Gasteiger partial charge < -0.3 is 0 Å². The molecule has 5 rings (SSSR count). The standard InChI is InChI=1S/C22H24ClN3O/c1-24-12-5-13-26-21(27)25(15-16-8-9-16)20-11-10-18(23)14-19(20)22(24,26)17-6-3-2-4-7-17/h2-4,6-7,10-11,14,16H,5,8-9,12-13,15H2,1H3. The van der Waals surface area contributed by atoms with E-state index in [2.05, 4.69) is 47.2 Å². The van der Waals surface area contributed by atoms with E-state index < -0.39 is 5.66 Å². The second-order valence-corrected chi connectivity index (χ2v) is 8.40. The monoisotopic (exact) mass is 381 g/mol. The molecule has 1 saturated carbocycles. The summed E-state index contributed by atoms with van der Waals surface area (Å²) in [6, 6.07) is 16.5. The van der Waals surface area contributed by atoms with Crippen LogP contribution in [0, 0.1) is 5.92 Å². The second kappa shape index (κ2) is 6.25. The summed E-state index contributed by atoms with van der Waals surface area (Å²) < 4.78 is 0. The largest absolute Gasteiger partial charge is 0.326 e. The molecule has 1 atom stereocenters. The summed E-state index contributed by atoms with van der Waals surface area (Å²) in [5, 5.41) is 0.712. The van der Waals surface area contributed by atoms with E-state index in [4.69, 9.17) is 11.6 Å². The van der Waals surface area contributed by atoms with E-state index in [1.54, 1.807) is 0 Å².